The van der Waals surface area contributed by atoms with E-state index in [2.05, 4.69) is 4.98 Å². The summed E-state index contributed by atoms with van der Waals surface area (Å²) >= 11 is 0. The smallest absolute Gasteiger partial charge is 0.214 e. The minimum absolute atomic E-state index is 0.207. The Bertz CT molecular complexity index is 599. The van der Waals surface area contributed by atoms with Crippen molar-refractivity contribution in [1.29, 1.82) is 0 Å². The molecule has 1 aromatic heterocycles. The van der Waals surface area contributed by atoms with Gasteiger partial charge in [-0.2, -0.15) is 4.31 Å². The zero-order chi connectivity index (χ0) is 15.6. The molecule has 2 fully saturated rings. The van der Waals surface area contributed by atoms with Crippen molar-refractivity contribution in [2.24, 2.45) is 5.92 Å². The fraction of sp³-hybridized carbons (Fsp3) is 0.667. The molecule has 0 bridgehead atoms. The summed E-state index contributed by atoms with van der Waals surface area (Å²) in [7, 11) is -3.13. The van der Waals surface area contributed by atoms with Crippen LogP contribution in [0.5, 0.6) is 5.88 Å². The van der Waals surface area contributed by atoms with Crippen molar-refractivity contribution >= 4 is 10.0 Å². The van der Waals surface area contributed by atoms with Gasteiger partial charge < -0.3 is 9.47 Å². The first-order valence-corrected chi connectivity index (χ1v) is 9.32. The third-order valence-electron chi connectivity index (χ3n) is 4.41. The van der Waals surface area contributed by atoms with Gasteiger partial charge in [0.2, 0.25) is 15.9 Å². The van der Waals surface area contributed by atoms with E-state index in [1.807, 2.05) is 25.1 Å². The molecule has 122 valence electrons. The molecule has 3 heterocycles. The predicted octanol–water partition coefficient (Wildman–Crippen LogP) is 1.29. The van der Waals surface area contributed by atoms with E-state index in [1.54, 1.807) is 6.20 Å². The molecule has 0 aromatic carbocycles. The number of pyridine rings is 1. The number of hydrogen-bond donors (Lipinski definition) is 0. The second-order valence-electron chi connectivity index (χ2n) is 5.96. The van der Waals surface area contributed by atoms with Crippen molar-refractivity contribution in [3.8, 4) is 5.88 Å². The molecule has 6 nitrogen and oxygen atoms in total. The van der Waals surface area contributed by atoms with Crippen molar-refractivity contribution in [2.45, 2.75) is 25.4 Å². The lowest BCUT2D eigenvalue weighted by molar-refractivity contribution is -0.107. The van der Waals surface area contributed by atoms with Crippen molar-refractivity contribution in [3.05, 3.63) is 24.4 Å². The average Bonchev–Trinajstić information content (AvgIpc) is 2.88. The summed E-state index contributed by atoms with van der Waals surface area (Å²) in [6.07, 6.45) is 3.23. The number of nitrogens with zero attached hydrogens (tertiary/aromatic N) is 2. The van der Waals surface area contributed by atoms with Crippen molar-refractivity contribution in [3.63, 3.8) is 0 Å². The molecule has 22 heavy (non-hydrogen) atoms. The second-order valence-corrected chi connectivity index (χ2v) is 8.05. The van der Waals surface area contributed by atoms with Crippen LogP contribution in [0.1, 0.15) is 19.8 Å². The van der Waals surface area contributed by atoms with Gasteiger partial charge in [-0.05, 0) is 18.9 Å². The zero-order valence-corrected chi connectivity index (χ0v) is 13.6. The molecule has 0 aliphatic carbocycles. The second kappa shape index (κ2) is 6.14. The topological polar surface area (TPSA) is 68.7 Å². The largest absolute Gasteiger partial charge is 0.477 e. The van der Waals surface area contributed by atoms with Crippen molar-refractivity contribution in [1.82, 2.24) is 9.29 Å². The monoisotopic (exact) mass is 326 g/mol. The summed E-state index contributed by atoms with van der Waals surface area (Å²) in [5.74, 6) is 1.01. The predicted molar refractivity (Wildman–Crippen MR) is 82.2 cm³/mol. The van der Waals surface area contributed by atoms with E-state index in [1.165, 1.54) is 4.31 Å². The summed E-state index contributed by atoms with van der Waals surface area (Å²) in [4.78, 5) is 4.14. The quantitative estimate of drug-likeness (QED) is 0.788. The van der Waals surface area contributed by atoms with Gasteiger partial charge in [0.25, 0.3) is 0 Å². The molecule has 2 aliphatic heterocycles. The maximum absolute atomic E-state index is 12.1. The third kappa shape index (κ3) is 2.98. The third-order valence-corrected chi connectivity index (χ3v) is 6.38. The average molecular weight is 326 g/mol. The number of aromatic nitrogens is 1. The summed E-state index contributed by atoms with van der Waals surface area (Å²) in [6, 6.07) is 5.54. The first kappa shape index (κ1) is 15.7. The SMILES string of the molecule is CCCS(=O)(=O)N1CC2(C1)OCCC2COc1ccccn1. The van der Waals surface area contributed by atoms with Crippen LogP contribution < -0.4 is 4.74 Å². The van der Waals surface area contributed by atoms with Crippen LogP contribution in [0, 0.1) is 5.92 Å². The van der Waals surface area contributed by atoms with Crippen molar-refractivity contribution in [2.75, 3.05) is 32.1 Å². The number of ether oxygens (including phenoxy) is 2. The van der Waals surface area contributed by atoms with E-state index >= 15 is 0 Å². The van der Waals surface area contributed by atoms with Crippen LogP contribution in [-0.2, 0) is 14.8 Å². The van der Waals surface area contributed by atoms with Crippen molar-refractivity contribution < 1.29 is 17.9 Å². The van der Waals surface area contributed by atoms with E-state index in [0.717, 1.165) is 6.42 Å². The number of rotatable bonds is 6. The van der Waals surface area contributed by atoms with Crippen LogP contribution in [0.25, 0.3) is 0 Å². The van der Waals surface area contributed by atoms with E-state index < -0.39 is 10.0 Å². The summed E-state index contributed by atoms with van der Waals surface area (Å²) in [5, 5.41) is 0. The minimum Gasteiger partial charge on any atom is -0.477 e. The Morgan fingerprint density at radius 3 is 2.95 bits per heavy atom. The van der Waals surface area contributed by atoms with Crippen LogP contribution in [-0.4, -0.2) is 55.4 Å². The Morgan fingerprint density at radius 2 is 2.27 bits per heavy atom. The molecule has 1 aromatic rings. The summed E-state index contributed by atoms with van der Waals surface area (Å²) in [6.45, 7) is 3.95. The summed E-state index contributed by atoms with van der Waals surface area (Å²) in [5.41, 5.74) is -0.365. The molecular formula is C15H22N2O4S. The highest BCUT2D eigenvalue weighted by molar-refractivity contribution is 7.89. The highest BCUT2D eigenvalue weighted by atomic mass is 32.2. The lowest BCUT2D eigenvalue weighted by Crippen LogP contribution is -2.66. The Morgan fingerprint density at radius 1 is 1.45 bits per heavy atom. The Balaban J connectivity index is 1.58. The van der Waals surface area contributed by atoms with Crippen LogP contribution in [0.15, 0.2) is 24.4 Å². The molecule has 7 heteroatoms. The molecule has 0 radical (unpaired) electrons. The van der Waals surface area contributed by atoms with Gasteiger partial charge in [-0.1, -0.05) is 13.0 Å². The van der Waals surface area contributed by atoms with Gasteiger partial charge in [-0.25, -0.2) is 13.4 Å². The lowest BCUT2D eigenvalue weighted by Gasteiger charge is -2.49. The van der Waals surface area contributed by atoms with E-state index in [9.17, 15) is 8.42 Å². The van der Waals surface area contributed by atoms with Gasteiger partial charge >= 0.3 is 0 Å². The minimum atomic E-state index is -3.13. The summed E-state index contributed by atoms with van der Waals surface area (Å²) < 4.78 is 37.3. The van der Waals surface area contributed by atoms with Gasteiger partial charge in [-0.15, -0.1) is 0 Å². The molecule has 0 N–H and O–H groups in total. The maximum atomic E-state index is 12.1. The standard InChI is InChI=1S/C15H22N2O4S/c1-2-9-22(18,19)17-11-15(12-17)13(6-8-21-15)10-20-14-5-3-4-7-16-14/h3-5,7,13H,2,6,8-12H2,1H3. The Hall–Kier alpha value is -1.18. The first-order valence-electron chi connectivity index (χ1n) is 7.71. The van der Waals surface area contributed by atoms with Gasteiger partial charge in [0, 0.05) is 37.9 Å². The number of sulfonamides is 1. The molecule has 1 spiro atoms. The lowest BCUT2D eigenvalue weighted by atomic mass is 9.83. The molecule has 3 rings (SSSR count). The fourth-order valence-electron chi connectivity index (χ4n) is 3.12. The Kier molecular flexibility index (Phi) is 4.38. The van der Waals surface area contributed by atoms with Crippen LogP contribution >= 0.6 is 0 Å². The molecule has 2 saturated heterocycles. The molecule has 1 unspecified atom stereocenters. The van der Waals surface area contributed by atoms with Crippen LogP contribution in [0.3, 0.4) is 0 Å². The molecule has 0 amide bonds. The van der Waals surface area contributed by atoms with E-state index in [0.29, 0.717) is 38.6 Å². The molecule has 1 atom stereocenters. The zero-order valence-electron chi connectivity index (χ0n) is 12.8. The molecule has 2 aliphatic rings. The van der Waals surface area contributed by atoms with E-state index in [4.69, 9.17) is 9.47 Å². The van der Waals surface area contributed by atoms with Crippen LogP contribution in [0.2, 0.25) is 0 Å². The maximum Gasteiger partial charge on any atom is 0.214 e. The van der Waals surface area contributed by atoms with Gasteiger partial charge in [0.1, 0.15) is 5.60 Å². The Labute approximate surface area is 131 Å². The first-order chi connectivity index (χ1) is 10.6. The molecule has 0 saturated carbocycles. The number of hydrogen-bond acceptors (Lipinski definition) is 5. The van der Waals surface area contributed by atoms with Gasteiger partial charge in [0.05, 0.1) is 12.4 Å². The normalized spacial score (nSPS) is 24.3. The fourth-order valence-corrected chi connectivity index (χ4v) is 4.73. The highest BCUT2D eigenvalue weighted by Gasteiger charge is 2.56. The van der Waals surface area contributed by atoms with Crippen LogP contribution in [0.4, 0.5) is 0 Å². The highest BCUT2D eigenvalue weighted by Crippen LogP contribution is 2.41. The van der Waals surface area contributed by atoms with Gasteiger partial charge in [-0.3, -0.25) is 0 Å². The van der Waals surface area contributed by atoms with Gasteiger partial charge in [0.15, 0.2) is 0 Å². The van der Waals surface area contributed by atoms with E-state index in [-0.39, 0.29) is 17.3 Å². The molecular weight excluding hydrogens is 304 g/mol.